The highest BCUT2D eigenvalue weighted by atomic mass is 15.2. The fourth-order valence-electron chi connectivity index (χ4n) is 2.39. The van der Waals surface area contributed by atoms with Crippen LogP contribution >= 0.6 is 0 Å². The van der Waals surface area contributed by atoms with Crippen LogP contribution in [0.15, 0.2) is 0 Å². The fourth-order valence-corrected chi connectivity index (χ4v) is 2.39. The van der Waals surface area contributed by atoms with E-state index in [0.29, 0.717) is 6.54 Å². The van der Waals surface area contributed by atoms with Crippen molar-refractivity contribution in [2.24, 2.45) is 5.92 Å². The number of rotatable bonds is 5. The normalized spacial score (nSPS) is 22.9. The number of piperidine rings is 1. The number of nitriles is 1. The molecular formula is C12H23N3. The summed E-state index contributed by atoms with van der Waals surface area (Å²) in [6.45, 7) is 10.8. The molecule has 86 valence electrons. The summed E-state index contributed by atoms with van der Waals surface area (Å²) in [4.78, 5) is 4.78. The lowest BCUT2D eigenvalue weighted by atomic mass is 9.97. The third kappa shape index (κ3) is 4.19. The molecule has 0 amide bonds. The van der Waals surface area contributed by atoms with E-state index in [1.165, 1.54) is 19.4 Å². The van der Waals surface area contributed by atoms with Gasteiger partial charge in [-0.2, -0.15) is 5.26 Å². The Balaban J connectivity index is 2.32. The molecule has 0 N–H and O–H groups in total. The highest BCUT2D eigenvalue weighted by Crippen LogP contribution is 2.17. The van der Waals surface area contributed by atoms with E-state index in [1.54, 1.807) is 0 Å². The summed E-state index contributed by atoms with van der Waals surface area (Å²) in [5.41, 5.74) is 0. The highest BCUT2D eigenvalue weighted by Gasteiger charge is 2.20. The number of hydrogen-bond donors (Lipinski definition) is 0. The minimum Gasteiger partial charge on any atom is -0.304 e. The van der Waals surface area contributed by atoms with Gasteiger partial charge < -0.3 is 4.90 Å². The number of hydrogen-bond acceptors (Lipinski definition) is 3. The summed E-state index contributed by atoms with van der Waals surface area (Å²) in [5, 5.41) is 8.68. The van der Waals surface area contributed by atoms with Gasteiger partial charge >= 0.3 is 0 Å². The molecule has 0 aliphatic carbocycles. The predicted octanol–water partition coefficient (Wildman–Crippen LogP) is 1.56. The van der Waals surface area contributed by atoms with Crippen LogP contribution in [-0.4, -0.2) is 49.1 Å². The molecule has 1 aliphatic heterocycles. The van der Waals surface area contributed by atoms with Gasteiger partial charge in [-0.05, 0) is 38.4 Å². The van der Waals surface area contributed by atoms with Crippen LogP contribution in [0.5, 0.6) is 0 Å². The van der Waals surface area contributed by atoms with Gasteiger partial charge in [0.15, 0.2) is 0 Å². The predicted molar refractivity (Wildman–Crippen MR) is 62.6 cm³/mol. The molecule has 0 saturated carbocycles. The van der Waals surface area contributed by atoms with Crippen LogP contribution in [0.4, 0.5) is 0 Å². The average molecular weight is 209 g/mol. The standard InChI is InChI=1S/C12H23N3/c1-3-14(4-2)10-12-6-5-8-15(11-12)9-7-13/h12H,3-6,8-11H2,1-2H3. The average Bonchev–Trinajstić information content (AvgIpc) is 2.27. The molecule has 3 heteroatoms. The Labute approximate surface area is 93.7 Å². The van der Waals surface area contributed by atoms with Gasteiger partial charge in [-0.25, -0.2) is 0 Å². The molecule has 0 spiro atoms. The Kier molecular flexibility index (Phi) is 5.67. The monoisotopic (exact) mass is 209 g/mol. The zero-order valence-electron chi connectivity index (χ0n) is 10.1. The molecule has 1 unspecified atom stereocenters. The minimum absolute atomic E-state index is 0.606. The van der Waals surface area contributed by atoms with E-state index in [4.69, 9.17) is 5.26 Å². The first-order valence-corrected chi connectivity index (χ1v) is 6.11. The van der Waals surface area contributed by atoms with Crippen molar-refractivity contribution >= 4 is 0 Å². The Morgan fingerprint density at radius 3 is 2.73 bits per heavy atom. The molecule has 1 aliphatic rings. The highest BCUT2D eigenvalue weighted by molar-refractivity contribution is 4.82. The number of likely N-dealkylation sites (tertiary alicyclic amines) is 1. The maximum atomic E-state index is 8.68. The van der Waals surface area contributed by atoms with Gasteiger partial charge in [0, 0.05) is 13.1 Å². The fraction of sp³-hybridized carbons (Fsp3) is 0.917. The third-order valence-corrected chi connectivity index (χ3v) is 3.31. The first-order chi connectivity index (χ1) is 7.30. The molecule has 0 aromatic carbocycles. The van der Waals surface area contributed by atoms with Crippen molar-refractivity contribution in [2.75, 3.05) is 39.3 Å². The molecule has 15 heavy (non-hydrogen) atoms. The van der Waals surface area contributed by atoms with Crippen molar-refractivity contribution in [1.82, 2.24) is 9.80 Å². The van der Waals surface area contributed by atoms with Gasteiger partial charge in [-0.1, -0.05) is 13.8 Å². The molecule has 1 saturated heterocycles. The minimum atomic E-state index is 0.606. The van der Waals surface area contributed by atoms with E-state index in [2.05, 4.69) is 29.7 Å². The lowest BCUT2D eigenvalue weighted by Crippen LogP contribution is -2.41. The summed E-state index contributed by atoms with van der Waals surface area (Å²) < 4.78 is 0. The lowest BCUT2D eigenvalue weighted by molar-refractivity contribution is 0.149. The molecule has 1 atom stereocenters. The zero-order valence-corrected chi connectivity index (χ0v) is 10.1. The summed E-state index contributed by atoms with van der Waals surface area (Å²) in [5.74, 6) is 0.770. The largest absolute Gasteiger partial charge is 0.304 e. The van der Waals surface area contributed by atoms with E-state index in [-0.39, 0.29) is 0 Å². The molecule has 0 radical (unpaired) electrons. The van der Waals surface area contributed by atoms with Crippen molar-refractivity contribution in [1.29, 1.82) is 5.26 Å². The van der Waals surface area contributed by atoms with E-state index in [9.17, 15) is 0 Å². The molecule has 0 aromatic heterocycles. The summed E-state index contributed by atoms with van der Waals surface area (Å²) in [6.07, 6.45) is 2.59. The maximum Gasteiger partial charge on any atom is 0.0866 e. The van der Waals surface area contributed by atoms with Gasteiger partial charge in [0.25, 0.3) is 0 Å². The topological polar surface area (TPSA) is 30.3 Å². The van der Waals surface area contributed by atoms with Crippen molar-refractivity contribution in [3.05, 3.63) is 0 Å². The van der Waals surface area contributed by atoms with E-state index in [0.717, 1.165) is 32.1 Å². The molecule has 1 heterocycles. The van der Waals surface area contributed by atoms with Gasteiger partial charge in [0.05, 0.1) is 12.6 Å². The second-order valence-electron chi connectivity index (χ2n) is 4.39. The summed E-state index contributed by atoms with van der Waals surface area (Å²) >= 11 is 0. The second kappa shape index (κ2) is 6.81. The van der Waals surface area contributed by atoms with Crippen LogP contribution in [0.25, 0.3) is 0 Å². The van der Waals surface area contributed by atoms with Gasteiger partial charge in [-0.3, -0.25) is 4.90 Å². The van der Waals surface area contributed by atoms with E-state index >= 15 is 0 Å². The molecule has 1 fully saturated rings. The smallest absolute Gasteiger partial charge is 0.0866 e. The van der Waals surface area contributed by atoms with Crippen molar-refractivity contribution in [3.63, 3.8) is 0 Å². The van der Waals surface area contributed by atoms with E-state index in [1.807, 2.05) is 0 Å². The Morgan fingerprint density at radius 1 is 1.40 bits per heavy atom. The van der Waals surface area contributed by atoms with Gasteiger partial charge in [0.2, 0.25) is 0 Å². The first kappa shape index (κ1) is 12.5. The third-order valence-electron chi connectivity index (χ3n) is 3.31. The van der Waals surface area contributed by atoms with Crippen molar-refractivity contribution in [2.45, 2.75) is 26.7 Å². The van der Waals surface area contributed by atoms with Crippen LogP contribution in [0.1, 0.15) is 26.7 Å². The SMILES string of the molecule is CCN(CC)CC1CCCN(CC#N)C1. The Morgan fingerprint density at radius 2 is 2.13 bits per heavy atom. The summed E-state index contributed by atoms with van der Waals surface area (Å²) in [6, 6.07) is 2.25. The van der Waals surface area contributed by atoms with Gasteiger partial charge in [0.1, 0.15) is 0 Å². The second-order valence-corrected chi connectivity index (χ2v) is 4.39. The molecule has 1 rings (SSSR count). The lowest BCUT2D eigenvalue weighted by Gasteiger charge is -2.33. The Hall–Kier alpha value is -0.590. The van der Waals surface area contributed by atoms with Crippen LogP contribution < -0.4 is 0 Å². The van der Waals surface area contributed by atoms with Crippen molar-refractivity contribution in [3.8, 4) is 6.07 Å². The molecule has 0 aromatic rings. The van der Waals surface area contributed by atoms with Gasteiger partial charge in [-0.15, -0.1) is 0 Å². The van der Waals surface area contributed by atoms with Crippen LogP contribution in [0.2, 0.25) is 0 Å². The molecule has 0 bridgehead atoms. The first-order valence-electron chi connectivity index (χ1n) is 6.11. The Bertz CT molecular complexity index is 205. The quantitative estimate of drug-likeness (QED) is 0.644. The van der Waals surface area contributed by atoms with Crippen molar-refractivity contribution < 1.29 is 0 Å². The van der Waals surface area contributed by atoms with Crippen LogP contribution in [0, 0.1) is 17.2 Å². The summed E-state index contributed by atoms with van der Waals surface area (Å²) in [7, 11) is 0. The van der Waals surface area contributed by atoms with Crippen LogP contribution in [-0.2, 0) is 0 Å². The van der Waals surface area contributed by atoms with Crippen LogP contribution in [0.3, 0.4) is 0 Å². The zero-order chi connectivity index (χ0) is 11.1. The maximum absolute atomic E-state index is 8.68. The molecular weight excluding hydrogens is 186 g/mol. The molecule has 3 nitrogen and oxygen atoms in total. The van der Waals surface area contributed by atoms with E-state index < -0.39 is 0 Å². The number of nitrogens with zero attached hydrogens (tertiary/aromatic N) is 3.